The van der Waals surface area contributed by atoms with Crippen LogP contribution in [-0.2, 0) is 14.1 Å². The average Bonchev–Trinajstić information content (AvgIpc) is 2.73. The van der Waals surface area contributed by atoms with Gasteiger partial charge in [0, 0.05) is 32.9 Å². The number of fused-ring (bicyclic) bond motifs is 1. The smallest absolute Gasteiger partial charge is 0.332 e. The van der Waals surface area contributed by atoms with Gasteiger partial charge in [-0.05, 0) is 23.1 Å². The van der Waals surface area contributed by atoms with E-state index in [0.29, 0.717) is 5.92 Å². The predicted octanol–water partition coefficient (Wildman–Crippen LogP) is 1.19. The van der Waals surface area contributed by atoms with Crippen molar-refractivity contribution in [3.05, 3.63) is 74.1 Å². The van der Waals surface area contributed by atoms with E-state index in [-0.39, 0.29) is 35.1 Å². The van der Waals surface area contributed by atoms with Crippen molar-refractivity contribution in [3.63, 3.8) is 0 Å². The third kappa shape index (κ3) is 3.97. The number of benzene rings is 1. The molecule has 2 heterocycles. The number of carbonyl (C=O) groups excluding carboxylic acids is 1. The molecule has 0 saturated carbocycles. The number of nitrogens with zero attached hydrogens (tertiary/aromatic N) is 3. The van der Waals surface area contributed by atoms with E-state index in [4.69, 9.17) is 5.73 Å². The van der Waals surface area contributed by atoms with Gasteiger partial charge in [-0.15, -0.1) is 0 Å². The van der Waals surface area contributed by atoms with Crippen LogP contribution in [0.15, 0.2) is 46.1 Å². The number of rotatable bonds is 5. The van der Waals surface area contributed by atoms with Crippen LogP contribution in [0.4, 0.5) is 0 Å². The van der Waals surface area contributed by atoms with Crippen LogP contribution in [0.1, 0.15) is 47.3 Å². The van der Waals surface area contributed by atoms with Crippen LogP contribution >= 0.6 is 0 Å². The van der Waals surface area contributed by atoms with E-state index >= 15 is 0 Å². The molecule has 0 spiro atoms. The molecular weight excluding hydrogens is 370 g/mol. The summed E-state index contributed by atoms with van der Waals surface area (Å²) in [5, 5.41) is 2.98. The maximum absolute atomic E-state index is 12.5. The Morgan fingerprint density at radius 3 is 2.34 bits per heavy atom. The zero-order valence-corrected chi connectivity index (χ0v) is 17.0. The number of nitrogens with two attached hydrogens (primary N) is 1. The molecule has 0 aliphatic carbocycles. The number of carbonyl (C=O) groups is 1. The molecule has 0 aliphatic heterocycles. The highest BCUT2D eigenvalue weighted by Gasteiger charge is 2.15. The van der Waals surface area contributed by atoms with Gasteiger partial charge in [0.05, 0.1) is 10.9 Å². The number of pyridine rings is 1. The van der Waals surface area contributed by atoms with Gasteiger partial charge in [-0.1, -0.05) is 38.1 Å². The number of aryl methyl sites for hydroxylation is 1. The molecule has 1 amide bonds. The molecule has 0 fully saturated rings. The summed E-state index contributed by atoms with van der Waals surface area (Å²) in [5.74, 6) is 0.0529. The second kappa shape index (κ2) is 8.00. The Balaban J connectivity index is 1.78. The number of hydrogen-bond acceptors (Lipinski definition) is 5. The van der Waals surface area contributed by atoms with E-state index < -0.39 is 11.2 Å². The van der Waals surface area contributed by atoms with Gasteiger partial charge in [-0.25, -0.2) is 9.78 Å². The van der Waals surface area contributed by atoms with E-state index in [1.807, 2.05) is 24.3 Å². The minimum Gasteiger partial charge on any atom is -0.350 e. The second-order valence-corrected chi connectivity index (χ2v) is 7.44. The quantitative estimate of drug-likeness (QED) is 0.674. The first kappa shape index (κ1) is 20.5. The summed E-state index contributed by atoms with van der Waals surface area (Å²) >= 11 is 0. The monoisotopic (exact) mass is 395 g/mol. The standard InChI is InChI=1S/C21H25N5O3/c1-12(2)13-5-7-14(8-6-13)17(22)11-24-19(27)15-9-16-18(23-10-15)25(3)21(29)26(4)20(16)28/h5-10,12,17H,11,22H2,1-4H3,(H,24,27). The van der Waals surface area contributed by atoms with E-state index in [1.54, 1.807) is 0 Å². The molecule has 1 atom stereocenters. The van der Waals surface area contributed by atoms with E-state index in [1.165, 1.54) is 36.5 Å². The van der Waals surface area contributed by atoms with Gasteiger partial charge in [-0.3, -0.25) is 18.7 Å². The predicted molar refractivity (Wildman–Crippen MR) is 112 cm³/mol. The minimum atomic E-state index is -0.493. The lowest BCUT2D eigenvalue weighted by Crippen LogP contribution is -2.37. The highest BCUT2D eigenvalue weighted by molar-refractivity contribution is 5.96. The van der Waals surface area contributed by atoms with E-state index in [2.05, 4.69) is 24.1 Å². The van der Waals surface area contributed by atoms with Crippen molar-refractivity contribution in [2.45, 2.75) is 25.8 Å². The third-order valence-electron chi connectivity index (χ3n) is 5.07. The first-order valence-electron chi connectivity index (χ1n) is 9.40. The normalized spacial score (nSPS) is 12.3. The summed E-state index contributed by atoms with van der Waals surface area (Å²) in [5.41, 5.74) is 7.85. The fourth-order valence-corrected chi connectivity index (χ4v) is 3.14. The number of hydrogen-bond donors (Lipinski definition) is 2. The molecule has 2 aromatic heterocycles. The van der Waals surface area contributed by atoms with Gasteiger partial charge in [0.1, 0.15) is 5.65 Å². The molecule has 8 nitrogen and oxygen atoms in total. The van der Waals surface area contributed by atoms with Crippen molar-refractivity contribution >= 4 is 16.9 Å². The summed E-state index contributed by atoms with van der Waals surface area (Å²) < 4.78 is 2.26. The summed E-state index contributed by atoms with van der Waals surface area (Å²) in [6, 6.07) is 9.09. The van der Waals surface area contributed by atoms with Gasteiger partial charge in [-0.2, -0.15) is 0 Å². The first-order chi connectivity index (χ1) is 13.7. The fourth-order valence-electron chi connectivity index (χ4n) is 3.14. The molecule has 29 heavy (non-hydrogen) atoms. The van der Waals surface area contributed by atoms with Crippen LogP contribution < -0.4 is 22.3 Å². The molecule has 0 bridgehead atoms. The zero-order valence-electron chi connectivity index (χ0n) is 17.0. The van der Waals surface area contributed by atoms with Crippen molar-refractivity contribution < 1.29 is 4.79 Å². The van der Waals surface area contributed by atoms with Crippen molar-refractivity contribution in [2.24, 2.45) is 19.8 Å². The van der Waals surface area contributed by atoms with Crippen LogP contribution in [-0.4, -0.2) is 26.6 Å². The Morgan fingerprint density at radius 2 is 1.72 bits per heavy atom. The van der Waals surface area contributed by atoms with Crippen LogP contribution in [0.5, 0.6) is 0 Å². The Labute approximate surface area is 168 Å². The lowest BCUT2D eigenvalue weighted by molar-refractivity contribution is 0.0951. The van der Waals surface area contributed by atoms with Crippen LogP contribution in [0.3, 0.4) is 0 Å². The molecule has 152 valence electrons. The number of amides is 1. The minimum absolute atomic E-state index is 0.204. The molecule has 3 N–H and O–H groups in total. The molecule has 0 saturated heterocycles. The summed E-state index contributed by atoms with van der Waals surface area (Å²) in [4.78, 5) is 41.0. The lowest BCUT2D eigenvalue weighted by atomic mass is 9.99. The van der Waals surface area contributed by atoms with Gasteiger partial charge in [0.15, 0.2) is 0 Å². The highest BCUT2D eigenvalue weighted by Crippen LogP contribution is 2.17. The van der Waals surface area contributed by atoms with Crippen LogP contribution in [0.25, 0.3) is 11.0 Å². The Morgan fingerprint density at radius 1 is 1.10 bits per heavy atom. The van der Waals surface area contributed by atoms with Crippen molar-refractivity contribution in [1.82, 2.24) is 19.4 Å². The molecule has 0 radical (unpaired) electrons. The summed E-state index contributed by atoms with van der Waals surface area (Å²) in [7, 11) is 2.92. The molecule has 1 unspecified atom stereocenters. The maximum atomic E-state index is 12.5. The zero-order chi connectivity index (χ0) is 21.3. The molecule has 3 rings (SSSR count). The topological polar surface area (TPSA) is 112 Å². The molecular formula is C21H25N5O3. The maximum Gasteiger partial charge on any atom is 0.332 e. The molecule has 3 aromatic rings. The van der Waals surface area contributed by atoms with Crippen LogP contribution in [0, 0.1) is 0 Å². The number of nitrogens with one attached hydrogen (secondary N) is 1. The second-order valence-electron chi connectivity index (χ2n) is 7.44. The summed E-state index contributed by atoms with van der Waals surface area (Å²) in [6.45, 7) is 4.49. The highest BCUT2D eigenvalue weighted by atomic mass is 16.2. The largest absolute Gasteiger partial charge is 0.350 e. The molecule has 0 aliphatic rings. The Hall–Kier alpha value is -3.26. The SMILES string of the molecule is CC(C)c1ccc(C(N)CNC(=O)c2cnc3c(c2)c(=O)n(C)c(=O)n3C)cc1. The van der Waals surface area contributed by atoms with Gasteiger partial charge < -0.3 is 11.1 Å². The van der Waals surface area contributed by atoms with Gasteiger partial charge in [0.25, 0.3) is 11.5 Å². The third-order valence-corrected chi connectivity index (χ3v) is 5.07. The van der Waals surface area contributed by atoms with Gasteiger partial charge in [0.2, 0.25) is 0 Å². The molecule has 1 aromatic carbocycles. The van der Waals surface area contributed by atoms with E-state index in [9.17, 15) is 14.4 Å². The average molecular weight is 395 g/mol. The van der Waals surface area contributed by atoms with Crippen molar-refractivity contribution in [2.75, 3.05) is 6.54 Å². The lowest BCUT2D eigenvalue weighted by Gasteiger charge is -2.15. The summed E-state index contributed by atoms with van der Waals surface area (Å²) in [6.07, 6.45) is 1.35. The Kier molecular flexibility index (Phi) is 5.65. The van der Waals surface area contributed by atoms with Crippen molar-refractivity contribution in [1.29, 1.82) is 0 Å². The molecule has 8 heteroatoms. The van der Waals surface area contributed by atoms with Crippen LogP contribution in [0.2, 0.25) is 0 Å². The van der Waals surface area contributed by atoms with Gasteiger partial charge >= 0.3 is 5.69 Å². The van der Waals surface area contributed by atoms with E-state index in [0.717, 1.165) is 10.1 Å². The number of aromatic nitrogens is 3. The Bertz CT molecular complexity index is 1180. The van der Waals surface area contributed by atoms with Crippen molar-refractivity contribution in [3.8, 4) is 0 Å². The first-order valence-corrected chi connectivity index (χ1v) is 9.40. The fraction of sp³-hybridized carbons (Fsp3) is 0.333.